The first kappa shape index (κ1) is 33.7. The fraction of sp³-hybridized carbons (Fsp3) is 0.559. The van der Waals surface area contributed by atoms with Gasteiger partial charge >= 0.3 is 18.3 Å². The molecule has 15 heteroatoms. The highest BCUT2D eigenvalue weighted by molar-refractivity contribution is 6.33. The zero-order chi connectivity index (χ0) is 34.5. The van der Waals surface area contributed by atoms with Crippen LogP contribution in [0.15, 0.2) is 36.4 Å². The second-order valence-electron chi connectivity index (χ2n) is 13.9. The van der Waals surface area contributed by atoms with Gasteiger partial charge in [0.2, 0.25) is 0 Å². The van der Waals surface area contributed by atoms with Crippen LogP contribution in [0.2, 0.25) is 5.02 Å². The number of nitrogens with one attached hydrogen (secondary N) is 2. The van der Waals surface area contributed by atoms with Gasteiger partial charge in [-0.2, -0.15) is 13.2 Å². The number of nitrogen functional groups attached to an aromatic ring is 1. The number of para-hydroxylation sites is 1. The molecule has 5 saturated heterocycles. The monoisotopic (exact) mass is 703 g/mol. The second-order valence-corrected chi connectivity index (χ2v) is 14.3. The molecule has 0 aromatic heterocycles. The van der Waals surface area contributed by atoms with E-state index in [1.807, 2.05) is 24.3 Å². The zero-order valence-corrected chi connectivity index (χ0v) is 27.9. The number of likely N-dealkylation sites (tertiary alicyclic amines) is 1. The molecular formula is C34H41ClF3N7O4. The van der Waals surface area contributed by atoms with Gasteiger partial charge in [0.1, 0.15) is 0 Å². The van der Waals surface area contributed by atoms with Crippen LogP contribution in [0.4, 0.5) is 34.1 Å². The number of hydrogen-bond donors (Lipinski definition) is 3. The van der Waals surface area contributed by atoms with Crippen molar-refractivity contribution in [1.29, 1.82) is 0 Å². The highest BCUT2D eigenvalue weighted by atomic mass is 35.5. The van der Waals surface area contributed by atoms with E-state index in [4.69, 9.17) is 22.1 Å². The van der Waals surface area contributed by atoms with Gasteiger partial charge in [-0.15, -0.1) is 0 Å². The first-order valence-electron chi connectivity index (χ1n) is 16.9. The number of carbonyl (C=O) groups excluding carboxylic acids is 3. The van der Waals surface area contributed by atoms with Crippen LogP contribution in [0.3, 0.4) is 0 Å². The summed E-state index contributed by atoms with van der Waals surface area (Å²) in [5.74, 6) is 0.186. The first-order chi connectivity index (χ1) is 23.4. The van der Waals surface area contributed by atoms with Crippen molar-refractivity contribution < 1.29 is 32.3 Å². The number of alkyl halides is 3. The summed E-state index contributed by atoms with van der Waals surface area (Å²) in [5.41, 5.74) is 4.99. The Hall–Kier alpha value is -3.75. The molecule has 6 aliphatic heterocycles. The van der Waals surface area contributed by atoms with E-state index in [0.29, 0.717) is 56.7 Å². The van der Waals surface area contributed by atoms with E-state index in [9.17, 15) is 27.6 Å². The van der Waals surface area contributed by atoms with E-state index in [-0.39, 0.29) is 36.1 Å². The molecule has 49 heavy (non-hydrogen) atoms. The van der Waals surface area contributed by atoms with Crippen LogP contribution in [-0.4, -0.2) is 109 Å². The van der Waals surface area contributed by atoms with Crippen LogP contribution >= 0.6 is 11.6 Å². The molecule has 4 N–H and O–H groups in total. The van der Waals surface area contributed by atoms with Gasteiger partial charge < -0.3 is 35.8 Å². The molecule has 5 fully saturated rings. The molecular weight excluding hydrogens is 663 g/mol. The van der Waals surface area contributed by atoms with Gasteiger partial charge in [0, 0.05) is 69.5 Å². The van der Waals surface area contributed by atoms with Crippen molar-refractivity contribution in [3.8, 4) is 0 Å². The number of rotatable bonds is 5. The third-order valence-electron chi connectivity index (χ3n) is 11.1. The Balaban J connectivity index is 1.07. The highest BCUT2D eigenvalue weighted by Crippen LogP contribution is 2.41. The maximum atomic E-state index is 14.0. The van der Waals surface area contributed by atoms with E-state index in [1.165, 1.54) is 23.8 Å². The Labute approximate surface area is 287 Å². The molecule has 6 heterocycles. The zero-order valence-electron chi connectivity index (χ0n) is 27.1. The maximum absolute atomic E-state index is 14.0. The van der Waals surface area contributed by atoms with E-state index in [1.54, 1.807) is 4.90 Å². The van der Waals surface area contributed by atoms with Crippen molar-refractivity contribution in [3.05, 3.63) is 58.1 Å². The summed E-state index contributed by atoms with van der Waals surface area (Å²) in [6.45, 7) is 5.95. The number of nitrogens with zero attached hydrogens (tertiary/aromatic N) is 4. The Morgan fingerprint density at radius 2 is 1.69 bits per heavy atom. The largest absolute Gasteiger partial charge is 0.436 e. The van der Waals surface area contributed by atoms with Crippen LogP contribution in [0.25, 0.3) is 0 Å². The molecule has 2 bridgehead atoms. The number of benzene rings is 2. The molecule has 1 spiro atoms. The fourth-order valence-electron chi connectivity index (χ4n) is 8.35. The molecule has 2 atom stereocenters. The van der Waals surface area contributed by atoms with Gasteiger partial charge in [-0.1, -0.05) is 29.8 Å². The summed E-state index contributed by atoms with van der Waals surface area (Å²) < 4.78 is 47.3. The topological polar surface area (TPSA) is 123 Å². The number of fused-ring (bicyclic) bond motifs is 5. The molecule has 11 nitrogen and oxygen atoms in total. The quantitative estimate of drug-likeness (QED) is 0.396. The number of halogens is 4. The molecule has 2 aromatic carbocycles. The predicted octanol–water partition coefficient (Wildman–Crippen LogP) is 4.35. The summed E-state index contributed by atoms with van der Waals surface area (Å²) in [4.78, 5) is 48.2. The van der Waals surface area contributed by atoms with Crippen LogP contribution < -0.4 is 16.4 Å². The molecule has 8 rings (SSSR count). The molecule has 0 aliphatic carbocycles. The third kappa shape index (κ3) is 6.74. The van der Waals surface area contributed by atoms with Crippen LogP contribution in [0, 0.1) is 5.92 Å². The molecule has 4 amide bonds. The lowest BCUT2D eigenvalue weighted by atomic mass is 9.79. The number of piperazine rings is 1. The van der Waals surface area contributed by atoms with E-state index >= 15 is 0 Å². The maximum Gasteiger partial charge on any atom is 0.418 e. The van der Waals surface area contributed by atoms with Gasteiger partial charge in [0.25, 0.3) is 5.91 Å². The number of carbonyl (C=O) groups is 3. The van der Waals surface area contributed by atoms with Crippen molar-refractivity contribution in [2.24, 2.45) is 5.92 Å². The van der Waals surface area contributed by atoms with Gasteiger partial charge in [-0.25, -0.2) is 9.59 Å². The van der Waals surface area contributed by atoms with Gasteiger partial charge in [0.05, 0.1) is 21.8 Å². The summed E-state index contributed by atoms with van der Waals surface area (Å²) in [7, 11) is 0. The molecule has 2 aromatic rings. The lowest BCUT2D eigenvalue weighted by Gasteiger charge is -2.51. The van der Waals surface area contributed by atoms with Crippen molar-refractivity contribution >= 4 is 41.0 Å². The van der Waals surface area contributed by atoms with Crippen LogP contribution in [0.5, 0.6) is 0 Å². The fourth-order valence-corrected chi connectivity index (χ4v) is 8.60. The number of anilines is 2. The SMILES string of the molecule is Nc1c(Cl)cc(C[C@@H](OC(=O)N2CCC3(CC2)NC(=O)Nc2ccccc23)C(=O)N2CCN(C3CN4CCC3CC4)CC2)cc1C(F)(F)F. The average molecular weight is 704 g/mol. The molecule has 1 unspecified atom stereocenters. The van der Waals surface area contributed by atoms with E-state index in [0.717, 1.165) is 31.3 Å². The summed E-state index contributed by atoms with van der Waals surface area (Å²) in [6, 6.07) is 9.77. The minimum atomic E-state index is -4.77. The minimum absolute atomic E-state index is 0.0789. The predicted molar refractivity (Wildman–Crippen MR) is 177 cm³/mol. The Bertz CT molecular complexity index is 1600. The number of hydrogen-bond acceptors (Lipinski definition) is 7. The number of piperidine rings is 4. The van der Waals surface area contributed by atoms with Crippen molar-refractivity contribution in [2.75, 3.05) is 70.0 Å². The standard InChI is InChI=1S/C34H41ClF3N7O4/c35-25-18-21(17-24(29(25)39)34(36,37)38)19-28(30(46)44-15-13-43(14-16-44)27-20-42-9-5-22(27)6-10-42)49-32(48)45-11-7-33(8-12-45)23-3-1-2-4-26(23)40-31(47)41-33/h1-4,17-18,22,27-28H,5-16,19-20,39H2,(H2,40,41,47)/t27?,28-/m1/s1. The number of amides is 4. The van der Waals surface area contributed by atoms with Crippen LogP contribution in [-0.2, 0) is 27.7 Å². The van der Waals surface area contributed by atoms with Gasteiger partial charge in [-0.05, 0) is 68.5 Å². The Morgan fingerprint density at radius 1 is 1.00 bits per heavy atom. The number of nitrogens with two attached hydrogens (primary N) is 1. The lowest BCUT2D eigenvalue weighted by Crippen LogP contribution is -2.62. The molecule has 6 aliphatic rings. The summed E-state index contributed by atoms with van der Waals surface area (Å²) in [6.07, 6.45) is -4.02. The molecule has 0 saturated carbocycles. The van der Waals surface area contributed by atoms with Gasteiger partial charge in [-0.3, -0.25) is 9.69 Å². The van der Waals surface area contributed by atoms with Crippen molar-refractivity contribution in [2.45, 2.75) is 56.0 Å². The third-order valence-corrected chi connectivity index (χ3v) is 11.4. The molecule has 264 valence electrons. The number of urea groups is 1. The minimum Gasteiger partial charge on any atom is -0.436 e. The molecule has 0 radical (unpaired) electrons. The van der Waals surface area contributed by atoms with Gasteiger partial charge in [0.15, 0.2) is 6.10 Å². The first-order valence-corrected chi connectivity index (χ1v) is 17.3. The Morgan fingerprint density at radius 3 is 2.35 bits per heavy atom. The summed E-state index contributed by atoms with van der Waals surface area (Å²) in [5, 5.41) is 5.56. The smallest absolute Gasteiger partial charge is 0.418 e. The lowest BCUT2D eigenvalue weighted by molar-refractivity contribution is -0.143. The van der Waals surface area contributed by atoms with Crippen molar-refractivity contribution in [1.82, 2.24) is 24.9 Å². The van der Waals surface area contributed by atoms with Crippen molar-refractivity contribution in [3.63, 3.8) is 0 Å². The number of ether oxygens (including phenoxy) is 1. The van der Waals surface area contributed by atoms with E-state index in [2.05, 4.69) is 20.4 Å². The normalized spacial score (nSPS) is 25.7. The highest BCUT2D eigenvalue weighted by Gasteiger charge is 2.44. The van der Waals surface area contributed by atoms with E-state index < -0.39 is 41.1 Å². The second kappa shape index (κ2) is 13.2. The van der Waals surface area contributed by atoms with Crippen LogP contribution in [0.1, 0.15) is 42.4 Å². The average Bonchev–Trinajstić information content (AvgIpc) is 3.09. The summed E-state index contributed by atoms with van der Waals surface area (Å²) >= 11 is 6.12. The Kier molecular flexibility index (Phi) is 9.07.